The van der Waals surface area contributed by atoms with Crippen molar-refractivity contribution in [3.05, 3.63) is 138 Å². The number of nitrogens with zero attached hydrogens (tertiary/aromatic N) is 3. The Hall–Kier alpha value is -6.93. The van der Waals surface area contributed by atoms with Crippen LogP contribution in [0.25, 0.3) is 11.3 Å². The van der Waals surface area contributed by atoms with E-state index in [-0.39, 0.29) is 36.4 Å². The maximum Gasteiger partial charge on any atom is 0.316 e. The molecule has 0 saturated carbocycles. The fraction of sp³-hybridized carbons (Fsp3) is 0.146. The van der Waals surface area contributed by atoms with Crippen molar-refractivity contribution in [3.63, 3.8) is 0 Å². The van der Waals surface area contributed by atoms with Gasteiger partial charge in [-0.05, 0) is 92.6 Å². The molecule has 0 spiro atoms. The van der Waals surface area contributed by atoms with E-state index in [2.05, 4.69) is 42.7 Å². The lowest BCUT2D eigenvalue weighted by atomic mass is 9.77. The number of ketones is 1. The molecular formula is C41H34N6O5. The molecule has 0 radical (unpaired) electrons. The highest BCUT2D eigenvalue weighted by Crippen LogP contribution is 2.34. The third-order valence-electron chi connectivity index (χ3n) is 8.35. The predicted molar refractivity (Wildman–Crippen MR) is 197 cm³/mol. The summed E-state index contributed by atoms with van der Waals surface area (Å²) in [6, 6.07) is 26.6. The monoisotopic (exact) mass is 690 g/mol. The normalized spacial score (nSPS) is 15.0. The zero-order chi connectivity index (χ0) is 36.5. The Labute approximate surface area is 300 Å². The Bertz CT molecular complexity index is 2240. The van der Waals surface area contributed by atoms with Crippen molar-refractivity contribution in [2.75, 3.05) is 22.6 Å². The number of ether oxygens (including phenoxy) is 1. The van der Waals surface area contributed by atoms with E-state index in [1.165, 1.54) is 12.1 Å². The van der Waals surface area contributed by atoms with Crippen LogP contribution in [0.15, 0.2) is 121 Å². The third kappa shape index (κ3) is 8.61. The van der Waals surface area contributed by atoms with Crippen LogP contribution < -0.4 is 16.0 Å². The summed E-state index contributed by atoms with van der Waals surface area (Å²) >= 11 is 0. The van der Waals surface area contributed by atoms with E-state index in [1.54, 1.807) is 55.8 Å². The highest BCUT2D eigenvalue weighted by atomic mass is 16.5. The SMILES string of the molecule is Cc1cc(NC(=O)c2cccc(NC(=O)C3=C[C@](C)(C(=O)OCC#Cc4ccccc4)CCC3=O)c2)ccc1Nc1nccc(-c2cccnc2)n1. The van der Waals surface area contributed by atoms with Crippen LogP contribution in [-0.2, 0) is 19.1 Å². The Kier molecular flexibility index (Phi) is 10.6. The van der Waals surface area contributed by atoms with Crippen LogP contribution in [0.4, 0.5) is 23.0 Å². The fourth-order valence-corrected chi connectivity index (χ4v) is 5.49. The topological polar surface area (TPSA) is 152 Å². The van der Waals surface area contributed by atoms with Gasteiger partial charge in [0.1, 0.15) is 0 Å². The van der Waals surface area contributed by atoms with E-state index in [0.29, 0.717) is 17.3 Å². The second-order valence-corrected chi connectivity index (χ2v) is 12.3. The first-order valence-corrected chi connectivity index (χ1v) is 16.5. The molecule has 0 unspecified atom stereocenters. The van der Waals surface area contributed by atoms with Gasteiger partial charge in [0, 0.05) is 58.8 Å². The van der Waals surface area contributed by atoms with Crippen molar-refractivity contribution >= 4 is 46.6 Å². The van der Waals surface area contributed by atoms with Crippen LogP contribution in [0, 0.1) is 24.2 Å². The number of carbonyl (C=O) groups excluding carboxylic acids is 4. The summed E-state index contributed by atoms with van der Waals surface area (Å²) in [5.41, 5.74) is 3.82. The zero-order valence-electron chi connectivity index (χ0n) is 28.5. The molecule has 2 amide bonds. The molecule has 11 nitrogen and oxygen atoms in total. The maximum atomic E-state index is 13.3. The smallest absolute Gasteiger partial charge is 0.316 e. The molecule has 0 bridgehead atoms. The lowest BCUT2D eigenvalue weighted by molar-refractivity contribution is -0.151. The number of anilines is 4. The Morgan fingerprint density at radius 1 is 0.885 bits per heavy atom. The van der Waals surface area contributed by atoms with Gasteiger partial charge in [0.25, 0.3) is 11.8 Å². The zero-order valence-corrected chi connectivity index (χ0v) is 28.5. The number of nitrogens with one attached hydrogen (secondary N) is 3. The summed E-state index contributed by atoms with van der Waals surface area (Å²) in [4.78, 5) is 65.3. The van der Waals surface area contributed by atoms with Crippen LogP contribution in [0.1, 0.15) is 41.3 Å². The molecule has 1 aliphatic carbocycles. The van der Waals surface area contributed by atoms with E-state index in [9.17, 15) is 19.2 Å². The summed E-state index contributed by atoms with van der Waals surface area (Å²) in [5, 5.41) is 8.80. The molecule has 0 fully saturated rings. The Morgan fingerprint density at radius 3 is 2.48 bits per heavy atom. The highest BCUT2D eigenvalue weighted by Gasteiger charge is 2.39. The number of amides is 2. The lowest BCUT2D eigenvalue weighted by Crippen LogP contribution is -2.35. The van der Waals surface area contributed by atoms with Crippen LogP contribution >= 0.6 is 0 Å². The van der Waals surface area contributed by atoms with Gasteiger partial charge in [-0.15, -0.1) is 0 Å². The van der Waals surface area contributed by atoms with Crippen molar-refractivity contribution in [3.8, 4) is 23.1 Å². The number of hydrogen-bond donors (Lipinski definition) is 3. The standard InChI is InChI=1S/C41H34N6O5/c1-27-23-32(15-16-34(27)46-40-43-21-18-35(47-40)30-13-7-20-42-26-30)44-37(49)29-12-6-14-31(24-29)45-38(50)33-25-41(2,19-17-36(33)48)39(51)52-22-8-11-28-9-4-3-5-10-28/h3-7,9-10,12-16,18,20-21,23-26H,17,19,22H2,1-2H3,(H,44,49)(H,45,50)(H,43,46,47)/t41-/m1/s1. The molecule has 0 saturated heterocycles. The third-order valence-corrected chi connectivity index (χ3v) is 8.35. The molecule has 6 rings (SSSR count). The number of benzene rings is 3. The average Bonchev–Trinajstić information content (AvgIpc) is 3.16. The summed E-state index contributed by atoms with van der Waals surface area (Å²) in [6.45, 7) is 3.40. The number of pyridine rings is 1. The van der Waals surface area contributed by atoms with E-state index < -0.39 is 23.2 Å². The first-order chi connectivity index (χ1) is 25.2. The van der Waals surface area contributed by atoms with Crippen molar-refractivity contribution in [2.24, 2.45) is 5.41 Å². The van der Waals surface area contributed by atoms with Crippen LogP contribution in [0.2, 0.25) is 0 Å². The van der Waals surface area contributed by atoms with E-state index in [1.807, 2.05) is 61.5 Å². The average molecular weight is 691 g/mol. The number of Topliss-reactive ketones (excluding diaryl/α,β-unsaturated/α-hetero) is 1. The lowest BCUT2D eigenvalue weighted by Gasteiger charge is -2.28. The molecule has 2 heterocycles. The minimum atomic E-state index is -1.18. The van der Waals surface area contributed by atoms with Gasteiger partial charge in [0.05, 0.1) is 16.7 Å². The van der Waals surface area contributed by atoms with E-state index in [4.69, 9.17) is 4.74 Å². The number of rotatable bonds is 9. The van der Waals surface area contributed by atoms with Crippen LogP contribution in [0.3, 0.4) is 0 Å². The minimum Gasteiger partial charge on any atom is -0.452 e. The Balaban J connectivity index is 1.07. The second-order valence-electron chi connectivity index (χ2n) is 12.3. The molecule has 3 aromatic carbocycles. The van der Waals surface area contributed by atoms with Gasteiger partial charge in [-0.1, -0.05) is 42.2 Å². The van der Waals surface area contributed by atoms with Crippen molar-refractivity contribution in [1.82, 2.24) is 15.0 Å². The fourth-order valence-electron chi connectivity index (χ4n) is 5.49. The summed E-state index contributed by atoms with van der Waals surface area (Å²) < 4.78 is 5.38. The number of aromatic nitrogens is 3. The molecule has 2 aromatic heterocycles. The van der Waals surface area contributed by atoms with E-state index >= 15 is 0 Å². The predicted octanol–water partition coefficient (Wildman–Crippen LogP) is 6.67. The van der Waals surface area contributed by atoms with Crippen LogP contribution in [0.5, 0.6) is 0 Å². The maximum absolute atomic E-state index is 13.3. The summed E-state index contributed by atoms with van der Waals surface area (Å²) in [6.07, 6.45) is 6.66. The van der Waals surface area contributed by atoms with Gasteiger partial charge in [-0.2, -0.15) is 0 Å². The molecular weight excluding hydrogens is 656 g/mol. The Morgan fingerprint density at radius 2 is 1.69 bits per heavy atom. The number of carbonyl (C=O) groups is 4. The largest absolute Gasteiger partial charge is 0.452 e. The van der Waals surface area contributed by atoms with Gasteiger partial charge in [0.15, 0.2) is 12.4 Å². The molecule has 11 heteroatoms. The number of aryl methyl sites for hydroxylation is 1. The van der Waals surface area contributed by atoms with Crippen molar-refractivity contribution in [2.45, 2.75) is 26.7 Å². The van der Waals surface area contributed by atoms with Gasteiger partial charge in [-0.3, -0.25) is 24.2 Å². The first kappa shape index (κ1) is 34.9. The quantitative estimate of drug-likeness (QED) is 0.0875. The number of esters is 1. The first-order valence-electron chi connectivity index (χ1n) is 16.5. The van der Waals surface area contributed by atoms with Crippen molar-refractivity contribution in [1.29, 1.82) is 0 Å². The number of hydrogen-bond acceptors (Lipinski definition) is 9. The minimum absolute atomic E-state index is 0.00152. The van der Waals surface area contributed by atoms with Gasteiger partial charge in [-0.25, -0.2) is 9.97 Å². The molecule has 52 heavy (non-hydrogen) atoms. The van der Waals surface area contributed by atoms with Gasteiger partial charge < -0.3 is 20.7 Å². The van der Waals surface area contributed by atoms with Crippen LogP contribution in [-0.4, -0.2) is 45.1 Å². The van der Waals surface area contributed by atoms with Gasteiger partial charge >= 0.3 is 5.97 Å². The molecule has 3 N–H and O–H groups in total. The molecule has 258 valence electrons. The summed E-state index contributed by atoms with van der Waals surface area (Å²) in [5.74, 6) is 4.11. The molecule has 1 aliphatic rings. The second kappa shape index (κ2) is 15.7. The summed E-state index contributed by atoms with van der Waals surface area (Å²) in [7, 11) is 0. The van der Waals surface area contributed by atoms with Gasteiger partial charge in [0.2, 0.25) is 5.95 Å². The molecule has 1 atom stereocenters. The highest BCUT2D eigenvalue weighted by molar-refractivity contribution is 6.24. The van der Waals surface area contributed by atoms with Crippen molar-refractivity contribution < 1.29 is 23.9 Å². The van der Waals surface area contributed by atoms with E-state index in [0.717, 1.165) is 28.1 Å². The molecule has 0 aliphatic heterocycles. The molecule has 5 aromatic rings.